The van der Waals surface area contributed by atoms with Crippen molar-refractivity contribution >= 4 is 35.9 Å². The molecule has 114 valence electrons. The third kappa shape index (κ3) is 5.81. The van der Waals surface area contributed by atoms with Crippen LogP contribution in [0.1, 0.15) is 27.1 Å². The van der Waals surface area contributed by atoms with Crippen molar-refractivity contribution in [1.29, 1.82) is 0 Å². The van der Waals surface area contributed by atoms with Crippen molar-refractivity contribution in [2.75, 3.05) is 12.4 Å². The average molecular weight is 355 g/mol. The molecule has 1 aliphatic rings. The van der Waals surface area contributed by atoms with Crippen molar-refractivity contribution in [2.24, 2.45) is 0 Å². The van der Waals surface area contributed by atoms with E-state index >= 15 is 0 Å². The molecule has 0 aliphatic carbocycles. The normalized spacial score (nSPS) is 12.8. The first-order chi connectivity index (χ1) is 10.2. The molecule has 0 fully saturated rings. The van der Waals surface area contributed by atoms with Crippen molar-refractivity contribution in [3.05, 3.63) is 29.3 Å². The summed E-state index contributed by atoms with van der Waals surface area (Å²) in [5, 5.41) is 14.9. The summed E-state index contributed by atoms with van der Waals surface area (Å²) < 4.78 is 8.97. The van der Waals surface area contributed by atoms with E-state index in [0.717, 1.165) is 24.1 Å². The third-order valence-electron chi connectivity index (χ3n) is 2.42. The smallest absolute Gasteiger partial charge is 0.691 e. The van der Waals surface area contributed by atoms with Gasteiger partial charge in [0.15, 0.2) is 0 Å². The molecule has 1 aliphatic heterocycles. The molecule has 1 aromatic rings. The Kier molecular flexibility index (Phi) is 9.59. The van der Waals surface area contributed by atoms with Crippen LogP contribution in [0.4, 0.5) is 0 Å². The van der Waals surface area contributed by atoms with Crippen LogP contribution in [0.25, 0.3) is 0 Å². The number of carbonyl (C=O) groups excluding carboxylic acids is 2. The maximum absolute atomic E-state index is 11.5. The Hall–Kier alpha value is -0.140. The number of hydrogen-bond acceptors (Lipinski definition) is 9. The number of carbonyl (C=O) groups is 2. The molecule has 22 heavy (non-hydrogen) atoms. The molecule has 8 nitrogen and oxygen atoms in total. The van der Waals surface area contributed by atoms with Crippen molar-refractivity contribution in [3.63, 3.8) is 0 Å². The Labute approximate surface area is 156 Å². The summed E-state index contributed by atoms with van der Waals surface area (Å²) in [7, 11) is 0. The Bertz CT molecular complexity index is 531. The molecule has 0 unspecified atom stereocenters. The van der Waals surface area contributed by atoms with E-state index in [1.54, 1.807) is 18.2 Å². The van der Waals surface area contributed by atoms with Crippen LogP contribution in [0, 0.1) is 0 Å². The topological polar surface area (TPSA) is 106 Å². The number of fused-ring (bicyclic) bond motifs is 1. The van der Waals surface area contributed by atoms with Crippen molar-refractivity contribution in [2.45, 2.75) is 11.3 Å². The van der Waals surface area contributed by atoms with E-state index in [4.69, 9.17) is 9.22 Å². The number of rotatable bonds is 9. The number of imide groups is 1. The fourth-order valence-electron chi connectivity index (χ4n) is 1.53. The second kappa shape index (κ2) is 10.6. The summed E-state index contributed by atoms with van der Waals surface area (Å²) in [6, 6.07) is 4.76. The number of amides is 2. The largest absolute Gasteiger partial charge is 1.00 e. The van der Waals surface area contributed by atoms with Gasteiger partial charge in [-0.05, 0) is 24.6 Å². The molecule has 1 N–H and O–H groups in total. The molecule has 0 radical (unpaired) electrons. The summed E-state index contributed by atoms with van der Waals surface area (Å²) >= 11 is 1.80. The Morgan fingerprint density at radius 2 is 1.91 bits per heavy atom. The zero-order valence-electron chi connectivity index (χ0n) is 11.5. The van der Waals surface area contributed by atoms with Crippen molar-refractivity contribution in [1.82, 2.24) is 5.32 Å². The minimum atomic E-state index is -0.420. The van der Waals surface area contributed by atoms with Gasteiger partial charge in [-0.2, -0.15) is 8.67 Å². The van der Waals surface area contributed by atoms with Gasteiger partial charge in [0.05, 0.1) is 29.8 Å². The summed E-state index contributed by atoms with van der Waals surface area (Å²) in [6.07, 6.45) is 0.593. The van der Waals surface area contributed by atoms with Crippen LogP contribution in [0.15, 0.2) is 23.1 Å². The van der Waals surface area contributed by atoms with E-state index in [-0.39, 0.29) is 29.6 Å². The quantitative estimate of drug-likeness (QED) is 0.132. The van der Waals surface area contributed by atoms with E-state index in [1.807, 2.05) is 0 Å². The van der Waals surface area contributed by atoms with Gasteiger partial charge in [-0.25, -0.2) is 4.89 Å². The number of hydrogen-bond donors (Lipinski definition) is 1. The number of nitrogens with one attached hydrogen (secondary N) is 1. The summed E-state index contributed by atoms with van der Waals surface area (Å²) in [5.74, 6) is -0.307. The van der Waals surface area contributed by atoms with Crippen LogP contribution < -0.4 is 40.1 Å². The monoisotopic (exact) mass is 355 g/mol. The molecule has 0 aromatic heterocycles. The Morgan fingerprint density at radius 3 is 2.68 bits per heavy atom. The standard InChI is InChI=1S/C11H11NO7S2.Na/c13-10-8-3-2-7(6-9(8)11(14)12-10)21-18-16-4-1-5-20-19-17-15;/h2-3,6,15H,1,4-5H2,(H,12,13,14);/q;+1/p-1. The van der Waals surface area contributed by atoms with E-state index in [2.05, 4.69) is 14.7 Å². The van der Waals surface area contributed by atoms with E-state index in [0.29, 0.717) is 34.8 Å². The Balaban J connectivity index is 0.00000242. The molecular formula is C11H10NNaO7S2. The molecule has 0 saturated carbocycles. The van der Waals surface area contributed by atoms with Gasteiger partial charge in [0.1, 0.15) is 0 Å². The number of benzene rings is 1. The van der Waals surface area contributed by atoms with Crippen LogP contribution in [0.2, 0.25) is 0 Å². The zero-order valence-corrected chi connectivity index (χ0v) is 15.2. The van der Waals surface area contributed by atoms with Crippen molar-refractivity contribution < 1.29 is 63.0 Å². The SMILES string of the molecule is O=C1NC(=O)c2cc(SOOCCCSOO[O-])ccc21.[Na+]. The summed E-state index contributed by atoms with van der Waals surface area (Å²) in [5.41, 5.74) is 0.669. The van der Waals surface area contributed by atoms with Crippen LogP contribution in [0.3, 0.4) is 0 Å². The van der Waals surface area contributed by atoms with Crippen LogP contribution in [0.5, 0.6) is 0 Å². The van der Waals surface area contributed by atoms with Gasteiger partial charge in [0, 0.05) is 22.7 Å². The molecule has 0 bridgehead atoms. The second-order valence-corrected chi connectivity index (χ2v) is 5.33. The first kappa shape index (κ1) is 19.9. The van der Waals surface area contributed by atoms with Crippen LogP contribution in [-0.2, 0) is 18.6 Å². The maximum atomic E-state index is 11.5. The molecular weight excluding hydrogens is 345 g/mol. The predicted molar refractivity (Wildman–Crippen MR) is 70.4 cm³/mol. The van der Waals surface area contributed by atoms with E-state index in [1.165, 1.54) is 0 Å². The predicted octanol–water partition coefficient (Wildman–Crippen LogP) is -2.21. The third-order valence-corrected chi connectivity index (χ3v) is 3.63. The molecule has 1 heterocycles. The van der Waals surface area contributed by atoms with Crippen molar-refractivity contribution in [3.8, 4) is 0 Å². The zero-order chi connectivity index (χ0) is 15.1. The van der Waals surface area contributed by atoms with Gasteiger partial charge >= 0.3 is 29.6 Å². The van der Waals surface area contributed by atoms with Gasteiger partial charge in [-0.1, -0.05) is 0 Å². The van der Waals surface area contributed by atoms with Gasteiger partial charge in [-0.3, -0.25) is 19.9 Å². The fraction of sp³-hybridized carbons (Fsp3) is 0.273. The molecule has 1 aromatic carbocycles. The average Bonchev–Trinajstić information content (AvgIpc) is 2.76. The van der Waals surface area contributed by atoms with Crippen LogP contribution in [-0.4, -0.2) is 24.2 Å². The minimum absolute atomic E-state index is 0. The molecule has 0 spiro atoms. The van der Waals surface area contributed by atoms with Gasteiger partial charge in [0.2, 0.25) is 0 Å². The van der Waals surface area contributed by atoms with E-state index < -0.39 is 11.8 Å². The maximum Gasteiger partial charge on any atom is 1.00 e. The summed E-state index contributed by atoms with van der Waals surface area (Å²) in [4.78, 5) is 28.4. The van der Waals surface area contributed by atoms with Crippen LogP contribution >= 0.6 is 24.1 Å². The van der Waals surface area contributed by atoms with Gasteiger partial charge < -0.3 is 5.26 Å². The first-order valence-corrected chi connectivity index (χ1v) is 7.41. The second-order valence-electron chi connectivity index (χ2n) is 3.78. The molecule has 11 heteroatoms. The molecule has 2 rings (SSSR count). The summed E-state index contributed by atoms with van der Waals surface area (Å²) in [6.45, 7) is 0.298. The fourth-order valence-corrected chi connectivity index (χ4v) is 2.35. The van der Waals surface area contributed by atoms with E-state index in [9.17, 15) is 14.8 Å². The first-order valence-electron chi connectivity index (χ1n) is 5.76. The molecule has 0 saturated heterocycles. The molecule has 2 amide bonds. The molecule has 0 atom stereocenters. The van der Waals surface area contributed by atoms with Gasteiger partial charge in [0.25, 0.3) is 11.8 Å². The van der Waals surface area contributed by atoms with Gasteiger partial charge in [-0.15, -0.1) is 0 Å². The Morgan fingerprint density at radius 1 is 1.14 bits per heavy atom. The minimum Gasteiger partial charge on any atom is -0.691 e.